The summed E-state index contributed by atoms with van der Waals surface area (Å²) >= 11 is 0. The molecule has 16 heavy (non-hydrogen) atoms. The molecule has 0 amide bonds. The molecule has 3 rings (SSSR count). The van der Waals surface area contributed by atoms with Gasteiger partial charge in [-0.2, -0.15) is 5.10 Å². The summed E-state index contributed by atoms with van der Waals surface area (Å²) in [7, 11) is 1.97. The topological polar surface area (TPSA) is 38.0 Å². The highest BCUT2D eigenvalue weighted by Crippen LogP contribution is 2.39. The molecule has 3 nitrogen and oxygen atoms in total. The predicted molar refractivity (Wildman–Crippen MR) is 63.2 cm³/mol. The predicted octanol–water partition coefficient (Wildman–Crippen LogP) is 2.03. The van der Waals surface area contributed by atoms with Crippen molar-refractivity contribution < 1.29 is 5.11 Å². The molecule has 1 aromatic carbocycles. The minimum absolute atomic E-state index is 0.376. The third-order valence-corrected chi connectivity index (χ3v) is 3.49. The smallest absolute Gasteiger partial charge is 0.0704 e. The van der Waals surface area contributed by atoms with E-state index in [1.807, 2.05) is 23.9 Å². The average Bonchev–Trinajstić information content (AvgIpc) is 2.94. The molecule has 0 radical (unpaired) electrons. The van der Waals surface area contributed by atoms with E-state index < -0.39 is 0 Å². The highest BCUT2D eigenvalue weighted by Gasteiger charge is 2.39. The van der Waals surface area contributed by atoms with E-state index in [9.17, 15) is 5.11 Å². The standard InChI is InChI=1S/C13H16N2O/c1-15-12-5-3-2-4-10(12)11(14-15)6-7-13(16)8-9-13/h2-5,16H,6-9H2,1H3. The maximum atomic E-state index is 9.83. The maximum Gasteiger partial charge on any atom is 0.0704 e. The second-order valence-electron chi connectivity index (χ2n) is 4.81. The van der Waals surface area contributed by atoms with Crippen molar-refractivity contribution in [2.45, 2.75) is 31.3 Å². The first-order valence-electron chi connectivity index (χ1n) is 5.81. The van der Waals surface area contributed by atoms with Gasteiger partial charge in [-0.1, -0.05) is 18.2 Å². The molecule has 1 aromatic heterocycles. The lowest BCUT2D eigenvalue weighted by Gasteiger charge is -2.04. The van der Waals surface area contributed by atoms with Crippen LogP contribution in [-0.4, -0.2) is 20.5 Å². The van der Waals surface area contributed by atoms with Gasteiger partial charge in [-0.3, -0.25) is 4.68 Å². The van der Waals surface area contributed by atoms with Crippen LogP contribution in [0.25, 0.3) is 10.9 Å². The lowest BCUT2D eigenvalue weighted by Crippen LogP contribution is -2.08. The van der Waals surface area contributed by atoms with Gasteiger partial charge in [-0.15, -0.1) is 0 Å². The number of hydrogen-bond donors (Lipinski definition) is 1. The molecule has 1 saturated carbocycles. The van der Waals surface area contributed by atoms with E-state index in [0.29, 0.717) is 0 Å². The number of fused-ring (bicyclic) bond motifs is 1. The van der Waals surface area contributed by atoms with Crippen LogP contribution in [0.1, 0.15) is 25.0 Å². The van der Waals surface area contributed by atoms with Crippen molar-refractivity contribution in [2.75, 3.05) is 0 Å². The van der Waals surface area contributed by atoms with Crippen LogP contribution in [0.3, 0.4) is 0 Å². The summed E-state index contributed by atoms with van der Waals surface area (Å²) in [4.78, 5) is 0. The molecule has 0 bridgehead atoms. The van der Waals surface area contributed by atoms with Gasteiger partial charge >= 0.3 is 0 Å². The third kappa shape index (κ3) is 1.61. The minimum Gasteiger partial charge on any atom is -0.390 e. The Balaban J connectivity index is 1.91. The summed E-state index contributed by atoms with van der Waals surface area (Å²) in [6.45, 7) is 0. The van der Waals surface area contributed by atoms with Gasteiger partial charge in [0.05, 0.1) is 16.8 Å². The second kappa shape index (κ2) is 3.32. The van der Waals surface area contributed by atoms with Crippen LogP contribution in [0.5, 0.6) is 0 Å². The van der Waals surface area contributed by atoms with Gasteiger partial charge in [0, 0.05) is 12.4 Å². The summed E-state index contributed by atoms with van der Waals surface area (Å²) < 4.78 is 1.92. The number of aliphatic hydroxyl groups is 1. The van der Waals surface area contributed by atoms with E-state index in [-0.39, 0.29) is 5.60 Å². The molecule has 1 heterocycles. The normalized spacial score (nSPS) is 17.9. The van der Waals surface area contributed by atoms with Gasteiger partial charge < -0.3 is 5.11 Å². The molecule has 0 atom stereocenters. The molecule has 1 aliphatic rings. The Morgan fingerprint density at radius 3 is 2.88 bits per heavy atom. The zero-order valence-corrected chi connectivity index (χ0v) is 9.48. The monoisotopic (exact) mass is 216 g/mol. The van der Waals surface area contributed by atoms with Crippen LogP contribution >= 0.6 is 0 Å². The fraction of sp³-hybridized carbons (Fsp3) is 0.462. The van der Waals surface area contributed by atoms with Crippen molar-refractivity contribution in [1.29, 1.82) is 0 Å². The summed E-state index contributed by atoms with van der Waals surface area (Å²) in [6, 6.07) is 8.26. The fourth-order valence-corrected chi connectivity index (χ4v) is 2.22. The average molecular weight is 216 g/mol. The molecule has 1 fully saturated rings. The van der Waals surface area contributed by atoms with Gasteiger partial charge in [-0.05, 0) is 31.7 Å². The third-order valence-electron chi connectivity index (χ3n) is 3.49. The Morgan fingerprint density at radius 2 is 2.12 bits per heavy atom. The van der Waals surface area contributed by atoms with E-state index in [0.717, 1.165) is 31.4 Å². The Morgan fingerprint density at radius 1 is 1.38 bits per heavy atom. The van der Waals surface area contributed by atoms with Gasteiger partial charge in [0.25, 0.3) is 0 Å². The second-order valence-corrected chi connectivity index (χ2v) is 4.81. The lowest BCUT2D eigenvalue weighted by molar-refractivity contribution is 0.140. The first-order chi connectivity index (χ1) is 7.68. The van der Waals surface area contributed by atoms with Crippen LogP contribution in [0.2, 0.25) is 0 Å². The quantitative estimate of drug-likeness (QED) is 0.852. The number of nitrogens with zero attached hydrogens (tertiary/aromatic N) is 2. The van der Waals surface area contributed by atoms with Crippen LogP contribution in [0, 0.1) is 0 Å². The van der Waals surface area contributed by atoms with Crippen LogP contribution < -0.4 is 0 Å². The van der Waals surface area contributed by atoms with E-state index in [4.69, 9.17) is 0 Å². The van der Waals surface area contributed by atoms with Crippen molar-refractivity contribution in [1.82, 2.24) is 9.78 Å². The molecule has 0 unspecified atom stereocenters. The molecule has 1 N–H and O–H groups in total. The van der Waals surface area contributed by atoms with Crippen LogP contribution in [-0.2, 0) is 13.5 Å². The number of aryl methyl sites for hydroxylation is 2. The largest absolute Gasteiger partial charge is 0.390 e. The highest BCUT2D eigenvalue weighted by molar-refractivity contribution is 5.81. The van der Waals surface area contributed by atoms with Gasteiger partial charge in [0.2, 0.25) is 0 Å². The molecule has 1 aliphatic carbocycles. The Bertz CT molecular complexity index is 526. The molecule has 3 heteroatoms. The number of benzene rings is 1. The van der Waals surface area contributed by atoms with Crippen LogP contribution in [0.15, 0.2) is 24.3 Å². The van der Waals surface area contributed by atoms with E-state index in [1.165, 1.54) is 10.9 Å². The molecule has 0 aliphatic heterocycles. The number of rotatable bonds is 3. The fourth-order valence-electron chi connectivity index (χ4n) is 2.22. The number of para-hydroxylation sites is 1. The van der Waals surface area contributed by atoms with Crippen molar-refractivity contribution in [3.05, 3.63) is 30.0 Å². The zero-order chi connectivity index (χ0) is 11.2. The van der Waals surface area contributed by atoms with Crippen LogP contribution in [0.4, 0.5) is 0 Å². The highest BCUT2D eigenvalue weighted by atomic mass is 16.3. The summed E-state index contributed by atoms with van der Waals surface area (Å²) in [6.07, 6.45) is 3.63. The summed E-state index contributed by atoms with van der Waals surface area (Å²) in [5.74, 6) is 0. The maximum absolute atomic E-state index is 9.83. The van der Waals surface area contributed by atoms with E-state index in [1.54, 1.807) is 0 Å². The molecular weight excluding hydrogens is 200 g/mol. The molecule has 84 valence electrons. The minimum atomic E-state index is -0.376. The number of hydrogen-bond acceptors (Lipinski definition) is 2. The molecule has 2 aromatic rings. The Hall–Kier alpha value is -1.35. The van der Waals surface area contributed by atoms with Crippen molar-refractivity contribution in [2.24, 2.45) is 7.05 Å². The van der Waals surface area contributed by atoms with Gasteiger partial charge in [0.1, 0.15) is 0 Å². The Kier molecular flexibility index (Phi) is 2.04. The lowest BCUT2D eigenvalue weighted by atomic mass is 10.1. The summed E-state index contributed by atoms with van der Waals surface area (Å²) in [5.41, 5.74) is 1.90. The molecular formula is C13H16N2O. The first kappa shape index (κ1) is 9.85. The first-order valence-corrected chi connectivity index (χ1v) is 5.81. The molecule has 0 saturated heterocycles. The van der Waals surface area contributed by atoms with E-state index in [2.05, 4.69) is 17.2 Å². The van der Waals surface area contributed by atoms with E-state index >= 15 is 0 Å². The van der Waals surface area contributed by atoms with Crippen molar-refractivity contribution in [3.8, 4) is 0 Å². The van der Waals surface area contributed by atoms with Gasteiger partial charge in [-0.25, -0.2) is 0 Å². The zero-order valence-electron chi connectivity index (χ0n) is 9.48. The van der Waals surface area contributed by atoms with Crippen molar-refractivity contribution in [3.63, 3.8) is 0 Å². The summed E-state index contributed by atoms with van der Waals surface area (Å²) in [5, 5.41) is 15.6. The Labute approximate surface area is 94.7 Å². The van der Waals surface area contributed by atoms with Crippen molar-refractivity contribution >= 4 is 10.9 Å². The van der Waals surface area contributed by atoms with Gasteiger partial charge in [0.15, 0.2) is 0 Å². The number of aromatic nitrogens is 2. The molecule has 0 spiro atoms. The SMILES string of the molecule is Cn1nc(CCC2(O)CC2)c2ccccc21.